The van der Waals surface area contributed by atoms with Crippen LogP contribution < -0.4 is 87.4 Å². The van der Waals surface area contributed by atoms with Gasteiger partial charge in [-0.3, -0.25) is 72.9 Å². The standard InChI is InChI=1S/C71H95N19O14/c1-40(2)31-52-61(95)83-51(67(101)90-30-12-20-57(90)66(100)86-56(38-72)68(102)103)18-8-9-28-78-58(92)26-25-50(82-62(96)53(80-41(3)91)34-42-21-23-45-14-4-6-16-47(45)32-42)65(99)88-71(75,37-44-13-10-27-77-39-44)69(104)87-55(36-59(93)89-76)64(98)81-49(19-11-29-79-70(73)74)60(94)85-54(63(97)84-52)35-43-22-24-46-15-5-7-17-48(46)33-43/h4-7,10,13-17,21-24,27,32-33,39-40,49-57H,8-9,11-12,18-20,25-26,28-31,34-38,72,75-76H2,1-3H3,(H,78,92)(H,80,91)(H,81,98)(H,82,96)(H,83,95)(H,84,97)(H,85,94)(H,86,100)(H,87,104)(H,88,99)(H,89,93)(H,102,103)(H4,73,74,79)/t49-,50+,51-,52-,53+,54+,55-,56-,57-,71+/m0/s1. The fraction of sp³-hybridized carbons (Fsp3) is 0.451. The molecule has 0 bridgehead atoms. The summed E-state index contributed by atoms with van der Waals surface area (Å²) in [5.41, 5.74) is 24.7. The van der Waals surface area contributed by atoms with Crippen LogP contribution in [0.2, 0.25) is 0 Å². The predicted octanol–water partition coefficient (Wildman–Crippen LogP) is -2.32. The minimum Gasteiger partial charge on any atom is -0.480 e. The van der Waals surface area contributed by atoms with Gasteiger partial charge in [0.05, 0.1) is 6.42 Å². The molecule has 12 amide bonds. The topological polar surface area (TPSA) is 533 Å². The largest absolute Gasteiger partial charge is 0.480 e. The number of hydrogen-bond donors (Lipinski definition) is 17. The second kappa shape index (κ2) is 38.7. The molecular weight excluding hydrogens is 1340 g/mol. The highest BCUT2D eigenvalue weighted by Gasteiger charge is 2.43. The van der Waals surface area contributed by atoms with Crippen LogP contribution >= 0.6 is 0 Å². The molecular formula is C71H95N19O14. The van der Waals surface area contributed by atoms with Gasteiger partial charge in [-0.15, -0.1) is 0 Å². The van der Waals surface area contributed by atoms with Crippen molar-refractivity contribution in [3.8, 4) is 0 Å². The van der Waals surface area contributed by atoms with Crippen LogP contribution in [0, 0.1) is 5.92 Å². The van der Waals surface area contributed by atoms with E-state index in [0.29, 0.717) is 17.5 Å². The molecule has 0 unspecified atom stereocenters. The second-order valence-corrected chi connectivity index (χ2v) is 26.4. The Morgan fingerprint density at radius 3 is 1.97 bits per heavy atom. The third kappa shape index (κ3) is 24.0. The molecule has 3 heterocycles. The smallest absolute Gasteiger partial charge is 0.327 e. The first-order valence-electron chi connectivity index (χ1n) is 34.5. The number of hydrogen-bond acceptors (Lipinski definition) is 18. The normalized spacial score (nSPS) is 22.1. The predicted molar refractivity (Wildman–Crippen MR) is 383 cm³/mol. The van der Waals surface area contributed by atoms with Crippen LogP contribution in [0.1, 0.15) is 108 Å². The number of rotatable bonds is 22. The molecule has 0 radical (unpaired) electrons. The van der Waals surface area contributed by atoms with Crippen molar-refractivity contribution >= 4 is 104 Å². The number of nitrogens with two attached hydrogens (primary N) is 5. The van der Waals surface area contributed by atoms with Gasteiger partial charge in [0, 0.05) is 71.2 Å². The quantitative estimate of drug-likeness (QED) is 0.00864. The molecule has 33 nitrogen and oxygen atoms in total. The molecule has 0 spiro atoms. The molecule has 33 heteroatoms. The molecule has 22 N–H and O–H groups in total. The first-order chi connectivity index (χ1) is 49.6. The van der Waals surface area contributed by atoms with Crippen LogP contribution in [-0.4, -0.2) is 184 Å². The average Bonchev–Trinajstić information content (AvgIpc) is 1.39. The summed E-state index contributed by atoms with van der Waals surface area (Å²) in [5, 5.41) is 39.4. The van der Waals surface area contributed by atoms with Gasteiger partial charge in [-0.2, -0.15) is 0 Å². The lowest BCUT2D eigenvalue weighted by Gasteiger charge is -2.33. The van der Waals surface area contributed by atoms with Gasteiger partial charge in [-0.05, 0) is 108 Å². The number of aliphatic carboxylic acids is 1. The molecule has 0 saturated carbocycles. The molecule has 4 aromatic carbocycles. The van der Waals surface area contributed by atoms with Gasteiger partial charge < -0.3 is 86.1 Å². The molecule has 2 aliphatic heterocycles. The number of carboxylic acids is 1. The number of carboxylic acid groups (broad SMARTS) is 1. The number of carbonyl (C=O) groups is 13. The van der Waals surface area contributed by atoms with Crippen LogP contribution in [0.5, 0.6) is 0 Å². The number of amides is 12. The molecule has 2 aliphatic rings. The van der Waals surface area contributed by atoms with E-state index < -0.39 is 169 Å². The highest BCUT2D eigenvalue weighted by Crippen LogP contribution is 2.23. The number of nitrogens with zero attached hydrogens (tertiary/aromatic N) is 3. The number of pyridine rings is 1. The fourth-order valence-electron chi connectivity index (χ4n) is 12.3. The number of hydrazine groups is 1. The van der Waals surface area contributed by atoms with Crippen LogP contribution in [-0.2, 0) is 81.6 Å². The van der Waals surface area contributed by atoms with Crippen molar-refractivity contribution in [1.29, 1.82) is 0 Å². The van der Waals surface area contributed by atoms with E-state index in [1.54, 1.807) is 38.1 Å². The van der Waals surface area contributed by atoms with Crippen molar-refractivity contribution in [2.24, 2.45) is 39.7 Å². The van der Waals surface area contributed by atoms with Gasteiger partial charge in [0.2, 0.25) is 65.0 Å². The maximum atomic E-state index is 15.2. The molecule has 0 aliphatic carbocycles. The van der Waals surface area contributed by atoms with E-state index >= 15 is 19.2 Å². The summed E-state index contributed by atoms with van der Waals surface area (Å²) >= 11 is 0. The molecule has 2 fully saturated rings. The van der Waals surface area contributed by atoms with Gasteiger partial charge in [0.25, 0.3) is 5.91 Å². The minimum absolute atomic E-state index is 0.00848. The van der Waals surface area contributed by atoms with Crippen molar-refractivity contribution in [2.75, 3.05) is 26.2 Å². The molecule has 5 aromatic rings. The summed E-state index contributed by atoms with van der Waals surface area (Å²) in [6, 6.07) is 14.9. The third-order valence-corrected chi connectivity index (χ3v) is 17.7. The van der Waals surface area contributed by atoms with Gasteiger partial charge in [-0.25, -0.2) is 10.6 Å². The lowest BCUT2D eigenvalue weighted by molar-refractivity contribution is -0.145. The second-order valence-electron chi connectivity index (χ2n) is 26.4. The first-order valence-corrected chi connectivity index (χ1v) is 34.5. The van der Waals surface area contributed by atoms with Gasteiger partial charge in [0.1, 0.15) is 54.4 Å². The number of guanidine groups is 1. The summed E-state index contributed by atoms with van der Waals surface area (Å²) in [5.74, 6) is -7.52. The lowest BCUT2D eigenvalue weighted by Crippen LogP contribution is -2.70. The molecule has 7 rings (SSSR count). The van der Waals surface area contributed by atoms with Crippen molar-refractivity contribution in [1.82, 2.24) is 68.5 Å². The van der Waals surface area contributed by atoms with E-state index in [2.05, 4.69) is 63.1 Å². The zero-order chi connectivity index (χ0) is 75.6. The monoisotopic (exact) mass is 1440 g/mol. The minimum atomic E-state index is -2.63. The third-order valence-electron chi connectivity index (χ3n) is 17.7. The lowest BCUT2D eigenvalue weighted by atomic mass is 9.97. The number of aliphatic imine (C=N–C) groups is 1. The Hall–Kier alpha value is -11.2. The summed E-state index contributed by atoms with van der Waals surface area (Å²) in [6.07, 6.45) is 0.299. The summed E-state index contributed by atoms with van der Waals surface area (Å²) in [7, 11) is 0. The molecule has 104 heavy (non-hydrogen) atoms. The zero-order valence-electron chi connectivity index (χ0n) is 58.4. The van der Waals surface area contributed by atoms with Crippen molar-refractivity contribution < 1.29 is 67.4 Å². The summed E-state index contributed by atoms with van der Waals surface area (Å²) < 4.78 is 0. The highest BCUT2D eigenvalue weighted by atomic mass is 16.4. The van der Waals surface area contributed by atoms with Gasteiger partial charge in [0.15, 0.2) is 11.6 Å². The van der Waals surface area contributed by atoms with Gasteiger partial charge in [-0.1, -0.05) is 105 Å². The van der Waals surface area contributed by atoms with E-state index in [-0.39, 0.29) is 94.9 Å². The Kier molecular flexibility index (Phi) is 29.8. The summed E-state index contributed by atoms with van der Waals surface area (Å²) in [6.45, 7) is 4.18. The fourth-order valence-corrected chi connectivity index (χ4v) is 12.3. The SMILES string of the molecule is CC(=O)N[C@H](Cc1ccc2ccccc2c1)C(=O)N[C@@H]1CCC(=O)NCCCC[C@@H](C(=O)N2CCC[C@H]2C(=O)N[C@@H](CN)C(=O)O)NC(=O)[C@H](CC(C)C)NC(=O)[C@@H](Cc2ccc3ccccc3c2)NC(=O)[C@H](CCCN=C(N)N)NC(=O)[C@H](CC(=O)NN)NC(=O)[C@@](N)(Cc2cccnc2)NC1=O. The molecule has 1 aromatic heterocycles. The number of aromatic nitrogens is 1. The number of nitrogens with one attached hydrogen (secondary N) is 11. The first kappa shape index (κ1) is 80.1. The molecule has 2 saturated heterocycles. The van der Waals surface area contributed by atoms with Crippen molar-refractivity contribution in [2.45, 2.75) is 171 Å². The van der Waals surface area contributed by atoms with Crippen LogP contribution in [0.15, 0.2) is 114 Å². The van der Waals surface area contributed by atoms with E-state index in [1.807, 2.05) is 66.1 Å². The van der Waals surface area contributed by atoms with E-state index in [9.17, 15) is 48.3 Å². The molecule has 10 atom stereocenters. The maximum Gasteiger partial charge on any atom is 0.327 e. The zero-order valence-corrected chi connectivity index (χ0v) is 58.4. The molecule has 558 valence electrons. The van der Waals surface area contributed by atoms with Crippen LogP contribution in [0.25, 0.3) is 21.5 Å². The Bertz CT molecular complexity index is 3950. The van der Waals surface area contributed by atoms with Crippen molar-refractivity contribution in [3.63, 3.8) is 0 Å². The Labute approximate surface area is 600 Å². The Balaban J connectivity index is 1.31. The number of fused-ring (bicyclic) bond motifs is 2. The van der Waals surface area contributed by atoms with E-state index in [0.717, 1.165) is 21.5 Å². The van der Waals surface area contributed by atoms with E-state index in [1.165, 1.54) is 36.4 Å². The van der Waals surface area contributed by atoms with Crippen LogP contribution in [0.3, 0.4) is 0 Å². The Morgan fingerprint density at radius 2 is 1.34 bits per heavy atom. The average molecular weight is 1440 g/mol. The number of benzene rings is 4. The van der Waals surface area contributed by atoms with E-state index in [4.69, 9.17) is 28.8 Å². The Morgan fingerprint density at radius 1 is 0.702 bits per heavy atom. The van der Waals surface area contributed by atoms with Crippen LogP contribution in [0.4, 0.5) is 0 Å². The number of likely N-dealkylation sites (tertiary alicyclic amines) is 1. The number of carbonyl (C=O) groups excluding carboxylic acids is 12. The summed E-state index contributed by atoms with van der Waals surface area (Å²) in [4.78, 5) is 195. The van der Waals surface area contributed by atoms with Crippen molar-refractivity contribution in [3.05, 3.63) is 126 Å². The van der Waals surface area contributed by atoms with Gasteiger partial charge >= 0.3 is 5.97 Å². The maximum absolute atomic E-state index is 15.2. The highest BCUT2D eigenvalue weighted by molar-refractivity contribution is 6.01.